The van der Waals surface area contributed by atoms with Crippen LogP contribution in [-0.4, -0.2) is 10.2 Å². The van der Waals surface area contributed by atoms with Crippen molar-refractivity contribution in [2.24, 2.45) is 5.41 Å². The van der Waals surface area contributed by atoms with Crippen molar-refractivity contribution in [1.29, 1.82) is 0 Å². The standard InChI is InChI=1S/C20H20ClNO2/c1-20(2,3)12-17-22-15-11-14(9-10-16(15)24-17)18(19(21)23)13-7-5-4-6-8-13/h4-11,18H,12H2,1-3H3. The summed E-state index contributed by atoms with van der Waals surface area (Å²) in [7, 11) is 0. The van der Waals surface area contributed by atoms with E-state index in [-0.39, 0.29) is 5.41 Å². The number of fused-ring (bicyclic) bond motifs is 1. The highest BCUT2D eigenvalue weighted by Gasteiger charge is 2.22. The maximum absolute atomic E-state index is 12.0. The Morgan fingerprint density at radius 3 is 2.46 bits per heavy atom. The van der Waals surface area contributed by atoms with Crippen LogP contribution in [0, 0.1) is 5.41 Å². The van der Waals surface area contributed by atoms with Gasteiger partial charge in [0, 0.05) is 6.42 Å². The highest BCUT2D eigenvalue weighted by atomic mass is 35.5. The zero-order chi connectivity index (χ0) is 17.3. The molecule has 0 radical (unpaired) electrons. The van der Waals surface area contributed by atoms with Gasteiger partial charge in [-0.25, -0.2) is 4.98 Å². The zero-order valence-electron chi connectivity index (χ0n) is 14.0. The summed E-state index contributed by atoms with van der Waals surface area (Å²) in [5.41, 5.74) is 3.28. The van der Waals surface area contributed by atoms with Gasteiger partial charge >= 0.3 is 0 Å². The largest absolute Gasteiger partial charge is 0.441 e. The fourth-order valence-electron chi connectivity index (χ4n) is 2.80. The van der Waals surface area contributed by atoms with E-state index in [2.05, 4.69) is 25.8 Å². The van der Waals surface area contributed by atoms with Crippen LogP contribution in [0.5, 0.6) is 0 Å². The number of carbonyl (C=O) groups is 1. The minimum absolute atomic E-state index is 0.0996. The van der Waals surface area contributed by atoms with Crippen molar-refractivity contribution in [2.45, 2.75) is 33.1 Å². The number of halogens is 1. The Labute approximate surface area is 146 Å². The van der Waals surface area contributed by atoms with Gasteiger partial charge in [0.2, 0.25) is 5.24 Å². The third-order valence-electron chi connectivity index (χ3n) is 3.83. The van der Waals surface area contributed by atoms with Crippen LogP contribution in [-0.2, 0) is 11.2 Å². The average molecular weight is 342 g/mol. The van der Waals surface area contributed by atoms with Crippen LogP contribution in [0.2, 0.25) is 0 Å². The smallest absolute Gasteiger partial charge is 0.233 e. The molecule has 0 aliphatic carbocycles. The first-order valence-electron chi connectivity index (χ1n) is 7.97. The molecule has 24 heavy (non-hydrogen) atoms. The van der Waals surface area contributed by atoms with Gasteiger partial charge in [-0.15, -0.1) is 0 Å². The molecule has 0 bridgehead atoms. The van der Waals surface area contributed by atoms with E-state index in [0.29, 0.717) is 5.89 Å². The molecule has 0 N–H and O–H groups in total. The van der Waals surface area contributed by atoms with E-state index in [4.69, 9.17) is 16.0 Å². The number of benzene rings is 2. The second-order valence-electron chi connectivity index (χ2n) is 7.22. The van der Waals surface area contributed by atoms with Crippen molar-refractivity contribution in [3.8, 4) is 0 Å². The van der Waals surface area contributed by atoms with E-state index in [1.54, 1.807) is 0 Å². The van der Waals surface area contributed by atoms with Gasteiger partial charge in [-0.05, 0) is 40.3 Å². The Morgan fingerprint density at radius 1 is 1.12 bits per heavy atom. The lowest BCUT2D eigenvalue weighted by Crippen LogP contribution is -2.09. The molecular weight excluding hydrogens is 322 g/mol. The number of nitrogens with zero attached hydrogens (tertiary/aromatic N) is 1. The molecule has 0 amide bonds. The van der Waals surface area contributed by atoms with E-state index < -0.39 is 11.2 Å². The SMILES string of the molecule is CC(C)(C)Cc1nc2cc(C(C(=O)Cl)c3ccccc3)ccc2o1. The summed E-state index contributed by atoms with van der Waals surface area (Å²) < 4.78 is 5.82. The van der Waals surface area contributed by atoms with E-state index >= 15 is 0 Å². The quantitative estimate of drug-likeness (QED) is 0.603. The Bertz CT molecular complexity index is 862. The van der Waals surface area contributed by atoms with Crippen LogP contribution in [0.25, 0.3) is 11.1 Å². The van der Waals surface area contributed by atoms with Crippen molar-refractivity contribution in [3.63, 3.8) is 0 Å². The van der Waals surface area contributed by atoms with Crippen LogP contribution >= 0.6 is 11.6 Å². The average Bonchev–Trinajstić information content (AvgIpc) is 2.87. The van der Waals surface area contributed by atoms with E-state index in [1.165, 1.54) is 0 Å². The monoisotopic (exact) mass is 341 g/mol. The zero-order valence-corrected chi connectivity index (χ0v) is 14.8. The number of carbonyl (C=O) groups excluding carboxylic acids is 1. The summed E-state index contributed by atoms with van der Waals surface area (Å²) in [6.07, 6.45) is 0.758. The molecule has 3 nitrogen and oxygen atoms in total. The molecule has 1 atom stereocenters. The molecule has 1 aromatic heterocycles. The Balaban J connectivity index is 2.01. The van der Waals surface area contributed by atoms with Crippen molar-refractivity contribution in [2.75, 3.05) is 0 Å². The predicted octanol–water partition coefficient (Wildman–Crippen LogP) is 5.31. The molecule has 0 saturated carbocycles. The molecule has 0 aliphatic heterocycles. The molecule has 1 unspecified atom stereocenters. The summed E-state index contributed by atoms with van der Waals surface area (Å²) in [5, 5.41) is -0.404. The fourth-order valence-corrected chi connectivity index (χ4v) is 3.05. The molecular formula is C20H20ClNO2. The van der Waals surface area contributed by atoms with Crippen LogP contribution in [0.4, 0.5) is 0 Å². The van der Waals surface area contributed by atoms with Crippen LogP contribution < -0.4 is 0 Å². The van der Waals surface area contributed by atoms with Crippen LogP contribution in [0.15, 0.2) is 52.9 Å². The molecule has 0 saturated heterocycles. The summed E-state index contributed by atoms with van der Waals surface area (Å²) in [4.78, 5) is 16.6. The lowest BCUT2D eigenvalue weighted by molar-refractivity contribution is -0.112. The minimum atomic E-state index is -0.500. The Kier molecular flexibility index (Phi) is 4.46. The van der Waals surface area contributed by atoms with Crippen molar-refractivity contribution >= 4 is 27.9 Å². The number of rotatable bonds is 4. The highest BCUT2D eigenvalue weighted by Crippen LogP contribution is 2.30. The van der Waals surface area contributed by atoms with Gasteiger partial charge in [-0.3, -0.25) is 4.79 Å². The van der Waals surface area contributed by atoms with E-state index in [1.807, 2.05) is 48.5 Å². The van der Waals surface area contributed by atoms with Crippen molar-refractivity contribution < 1.29 is 9.21 Å². The van der Waals surface area contributed by atoms with Crippen LogP contribution in [0.1, 0.15) is 43.7 Å². The van der Waals surface area contributed by atoms with Gasteiger partial charge in [-0.1, -0.05) is 57.2 Å². The van der Waals surface area contributed by atoms with Gasteiger partial charge < -0.3 is 4.42 Å². The molecule has 4 heteroatoms. The van der Waals surface area contributed by atoms with Gasteiger partial charge in [0.05, 0.1) is 5.92 Å². The molecule has 124 valence electrons. The second-order valence-corrected chi connectivity index (χ2v) is 7.59. The lowest BCUT2D eigenvalue weighted by atomic mass is 9.92. The highest BCUT2D eigenvalue weighted by molar-refractivity contribution is 6.65. The number of hydrogen-bond acceptors (Lipinski definition) is 3. The maximum atomic E-state index is 12.0. The van der Waals surface area contributed by atoms with E-state index in [0.717, 1.165) is 28.6 Å². The molecule has 0 spiro atoms. The van der Waals surface area contributed by atoms with Crippen LogP contribution in [0.3, 0.4) is 0 Å². The first-order valence-corrected chi connectivity index (χ1v) is 8.35. The number of aromatic nitrogens is 1. The summed E-state index contributed by atoms with van der Waals surface area (Å²) in [6.45, 7) is 6.43. The molecule has 3 aromatic rings. The topological polar surface area (TPSA) is 43.1 Å². The summed E-state index contributed by atoms with van der Waals surface area (Å²) in [5.74, 6) is 0.211. The molecule has 1 heterocycles. The first kappa shape index (κ1) is 16.7. The number of oxazole rings is 1. The van der Waals surface area contributed by atoms with Gasteiger partial charge in [0.1, 0.15) is 5.52 Å². The third kappa shape index (κ3) is 3.68. The van der Waals surface area contributed by atoms with Gasteiger partial charge in [0.25, 0.3) is 0 Å². The van der Waals surface area contributed by atoms with Crippen molar-refractivity contribution in [1.82, 2.24) is 4.98 Å². The number of hydrogen-bond donors (Lipinski definition) is 0. The van der Waals surface area contributed by atoms with Crippen molar-refractivity contribution in [3.05, 3.63) is 65.5 Å². The Morgan fingerprint density at radius 2 is 1.83 bits per heavy atom. The summed E-state index contributed by atoms with van der Waals surface area (Å²) in [6, 6.07) is 15.2. The second kappa shape index (κ2) is 6.40. The molecule has 2 aromatic carbocycles. The maximum Gasteiger partial charge on any atom is 0.233 e. The van der Waals surface area contributed by atoms with E-state index in [9.17, 15) is 4.79 Å². The minimum Gasteiger partial charge on any atom is -0.441 e. The predicted molar refractivity (Wildman–Crippen MR) is 96.3 cm³/mol. The van der Waals surface area contributed by atoms with Gasteiger partial charge in [-0.2, -0.15) is 0 Å². The fraction of sp³-hybridized carbons (Fsp3) is 0.300. The first-order chi connectivity index (χ1) is 11.3. The third-order valence-corrected chi connectivity index (χ3v) is 4.05. The molecule has 3 rings (SSSR count). The lowest BCUT2D eigenvalue weighted by Gasteiger charge is -2.14. The summed E-state index contributed by atoms with van der Waals surface area (Å²) >= 11 is 5.87. The van der Waals surface area contributed by atoms with Gasteiger partial charge in [0.15, 0.2) is 11.5 Å². The molecule has 0 fully saturated rings. The molecule has 0 aliphatic rings. The normalized spacial score (nSPS) is 13.2. The Hall–Kier alpha value is -2.13.